The van der Waals surface area contributed by atoms with Crippen LogP contribution in [-0.2, 0) is 0 Å². The van der Waals surface area contributed by atoms with E-state index in [9.17, 15) is 15.3 Å². The number of aliphatic hydroxyl groups is 3. The van der Waals surface area contributed by atoms with Crippen molar-refractivity contribution in [1.29, 1.82) is 0 Å². The first-order valence-corrected chi connectivity index (χ1v) is 15.2. The summed E-state index contributed by atoms with van der Waals surface area (Å²) in [5.74, 6) is 1.65. The van der Waals surface area contributed by atoms with Gasteiger partial charge < -0.3 is 30.4 Å². The molecule has 4 aromatic heterocycles. The van der Waals surface area contributed by atoms with E-state index < -0.39 is 23.7 Å². The smallest absolute Gasteiger partial charge is 0.225 e. The van der Waals surface area contributed by atoms with E-state index in [0.717, 1.165) is 56.1 Å². The Bertz CT molecular complexity index is 1750. The third-order valence-corrected chi connectivity index (χ3v) is 9.69. The third-order valence-electron chi connectivity index (χ3n) is 8.66. The molecule has 4 heterocycles. The summed E-state index contributed by atoms with van der Waals surface area (Å²) >= 11 is 1.56. The Morgan fingerprint density at radius 3 is 2.71 bits per heavy atom. The summed E-state index contributed by atoms with van der Waals surface area (Å²) in [6, 6.07) is 11.1. The minimum atomic E-state index is -1.48. The molecular weight excluding hydrogens is 552 g/mol. The van der Waals surface area contributed by atoms with Crippen molar-refractivity contribution in [3.05, 3.63) is 59.7 Å². The first-order chi connectivity index (χ1) is 20.2. The first-order valence-electron chi connectivity index (χ1n) is 14.4. The lowest BCUT2D eigenvalue weighted by Gasteiger charge is -2.30. The van der Waals surface area contributed by atoms with Crippen molar-refractivity contribution >= 4 is 44.3 Å². The average Bonchev–Trinajstić information content (AvgIpc) is 3.49. The van der Waals surface area contributed by atoms with Gasteiger partial charge in [0.05, 0.1) is 39.8 Å². The zero-order chi connectivity index (χ0) is 29.2. The number of pyridine rings is 1. The molecule has 0 bridgehead atoms. The number of aliphatic hydroxyl groups excluding tert-OH is 2. The van der Waals surface area contributed by atoms with Gasteiger partial charge in [0.1, 0.15) is 33.3 Å². The van der Waals surface area contributed by atoms with E-state index in [1.807, 2.05) is 56.4 Å². The zero-order valence-corrected chi connectivity index (χ0v) is 24.5. The van der Waals surface area contributed by atoms with E-state index in [2.05, 4.69) is 15.6 Å². The number of hydrogen-bond acceptors (Lipinski definition) is 11. The van der Waals surface area contributed by atoms with E-state index in [0.29, 0.717) is 29.8 Å². The molecule has 10 nitrogen and oxygen atoms in total. The van der Waals surface area contributed by atoms with Crippen LogP contribution in [0, 0.1) is 12.8 Å². The third kappa shape index (κ3) is 4.70. The number of furan rings is 1. The van der Waals surface area contributed by atoms with Gasteiger partial charge >= 0.3 is 0 Å². The molecule has 0 unspecified atom stereocenters. The Kier molecular flexibility index (Phi) is 6.65. The second-order valence-corrected chi connectivity index (χ2v) is 12.8. The van der Waals surface area contributed by atoms with Crippen molar-refractivity contribution in [3.63, 3.8) is 0 Å². The minimum absolute atomic E-state index is 0.220. The summed E-state index contributed by atoms with van der Waals surface area (Å²) in [5, 5.41) is 40.4. The Morgan fingerprint density at radius 2 is 1.98 bits per heavy atom. The highest BCUT2D eigenvalue weighted by Crippen LogP contribution is 2.45. The molecule has 42 heavy (non-hydrogen) atoms. The molecule has 0 radical (unpaired) electrons. The van der Waals surface area contributed by atoms with Crippen LogP contribution in [-0.4, -0.2) is 59.6 Å². The van der Waals surface area contributed by atoms with E-state index in [-0.39, 0.29) is 12.6 Å². The van der Waals surface area contributed by atoms with Crippen LogP contribution in [0.15, 0.2) is 47.0 Å². The van der Waals surface area contributed by atoms with Crippen LogP contribution in [0.5, 0.6) is 0 Å². The summed E-state index contributed by atoms with van der Waals surface area (Å²) < 4.78 is 7.12. The number of hydrogen-bond donors (Lipinski definition) is 5. The van der Waals surface area contributed by atoms with E-state index >= 15 is 0 Å². The van der Waals surface area contributed by atoms with Crippen LogP contribution in [0.4, 0.5) is 11.8 Å². The fourth-order valence-electron chi connectivity index (χ4n) is 6.01. The Labute approximate surface area is 246 Å². The van der Waals surface area contributed by atoms with Gasteiger partial charge in [0, 0.05) is 30.0 Å². The number of para-hydroxylation sites is 1. The van der Waals surface area contributed by atoms with Gasteiger partial charge in [0.2, 0.25) is 5.95 Å². The SMILES string of the molecule is Cc1nc(N[C@H](C)c2cc3ccccc3o2)nc(N[C@@H]2C[C@H](CO)[C@@H](O)[C@@]2(C)O)c1-c1nc2c(C3CC3)nccc2s1. The number of benzene rings is 1. The van der Waals surface area contributed by atoms with Gasteiger partial charge in [-0.1, -0.05) is 18.2 Å². The molecule has 5 atom stereocenters. The summed E-state index contributed by atoms with van der Waals surface area (Å²) in [4.78, 5) is 19.4. The molecular formula is C31H34N6O4S. The summed E-state index contributed by atoms with van der Waals surface area (Å²) in [6.45, 7) is 5.28. The molecule has 5 aromatic rings. The van der Waals surface area contributed by atoms with Gasteiger partial charge in [-0.25, -0.2) is 9.97 Å². The summed E-state index contributed by atoms with van der Waals surface area (Å²) in [5.41, 5.74) is 2.73. The monoisotopic (exact) mass is 586 g/mol. The maximum atomic E-state index is 11.3. The first kappa shape index (κ1) is 27.2. The molecule has 2 aliphatic carbocycles. The van der Waals surface area contributed by atoms with Crippen molar-refractivity contribution in [1.82, 2.24) is 19.9 Å². The van der Waals surface area contributed by atoms with Crippen LogP contribution < -0.4 is 10.6 Å². The minimum Gasteiger partial charge on any atom is -0.459 e. The molecule has 218 valence electrons. The molecule has 11 heteroatoms. The number of fused-ring (bicyclic) bond motifs is 2. The molecule has 7 rings (SSSR count). The van der Waals surface area contributed by atoms with Crippen LogP contribution >= 0.6 is 11.3 Å². The van der Waals surface area contributed by atoms with Crippen LogP contribution in [0.25, 0.3) is 31.8 Å². The Balaban J connectivity index is 1.29. The van der Waals surface area contributed by atoms with Gasteiger partial charge in [-0.2, -0.15) is 4.98 Å². The maximum absolute atomic E-state index is 11.3. The molecule has 5 N–H and O–H groups in total. The molecule has 0 saturated heterocycles. The predicted molar refractivity (Wildman–Crippen MR) is 163 cm³/mol. The standard InChI is InChI=1S/C31H34N6O4S/c1-15(21-12-18-6-4-5-7-20(18)41-21)33-30-34-16(2)24(28(37-30)35-23-13-19(14-38)27(39)31(23,3)40)29-36-26-22(42-29)10-11-32-25(26)17-8-9-17/h4-7,10-12,15,17,19,23,27,38-40H,8-9,13-14H2,1-3H3,(H2,33,34,35,37)/t15-,19-,23-,27-,31+/m1/s1. The Hall–Kier alpha value is -3.64. The summed E-state index contributed by atoms with van der Waals surface area (Å²) in [6.07, 6.45) is 3.40. The number of anilines is 2. The van der Waals surface area contributed by atoms with Crippen molar-refractivity contribution in [3.8, 4) is 10.6 Å². The highest BCUT2D eigenvalue weighted by atomic mass is 32.1. The largest absolute Gasteiger partial charge is 0.459 e. The van der Waals surface area contributed by atoms with Crippen molar-refractivity contribution in [2.45, 2.75) is 69.7 Å². The van der Waals surface area contributed by atoms with Gasteiger partial charge in [-0.3, -0.25) is 4.98 Å². The van der Waals surface area contributed by atoms with Crippen molar-refractivity contribution < 1.29 is 19.7 Å². The highest BCUT2D eigenvalue weighted by molar-refractivity contribution is 7.21. The number of nitrogens with zero attached hydrogens (tertiary/aromatic N) is 4. The topological polar surface area (TPSA) is 149 Å². The molecule has 2 aliphatic rings. The van der Waals surface area contributed by atoms with Gasteiger partial charge in [0.15, 0.2) is 0 Å². The number of thiazole rings is 1. The lowest BCUT2D eigenvalue weighted by molar-refractivity contribution is -0.0647. The predicted octanol–water partition coefficient (Wildman–Crippen LogP) is 5.16. The quantitative estimate of drug-likeness (QED) is 0.165. The van der Waals surface area contributed by atoms with Gasteiger partial charge in [-0.15, -0.1) is 11.3 Å². The van der Waals surface area contributed by atoms with Gasteiger partial charge in [0.25, 0.3) is 0 Å². The number of rotatable bonds is 8. The molecule has 2 saturated carbocycles. The normalized spacial score (nSPS) is 24.9. The molecule has 0 aliphatic heterocycles. The lowest BCUT2D eigenvalue weighted by Crippen LogP contribution is -2.48. The van der Waals surface area contributed by atoms with Crippen LogP contribution in [0.2, 0.25) is 0 Å². The molecule has 0 amide bonds. The second-order valence-electron chi connectivity index (χ2n) is 11.8. The van der Waals surface area contributed by atoms with E-state index in [1.165, 1.54) is 0 Å². The number of aromatic nitrogens is 4. The maximum Gasteiger partial charge on any atom is 0.225 e. The fourth-order valence-corrected chi connectivity index (χ4v) is 7.08. The summed E-state index contributed by atoms with van der Waals surface area (Å²) in [7, 11) is 0. The molecule has 1 aromatic carbocycles. The van der Waals surface area contributed by atoms with E-state index in [1.54, 1.807) is 18.3 Å². The Morgan fingerprint density at radius 1 is 1.17 bits per heavy atom. The number of nitrogens with one attached hydrogen (secondary N) is 2. The molecule has 2 fully saturated rings. The van der Waals surface area contributed by atoms with Gasteiger partial charge in [-0.05, 0) is 58.2 Å². The fraction of sp³-hybridized carbons (Fsp3) is 0.419. The van der Waals surface area contributed by atoms with Crippen molar-refractivity contribution in [2.75, 3.05) is 17.2 Å². The molecule has 0 spiro atoms. The van der Waals surface area contributed by atoms with Crippen molar-refractivity contribution in [2.24, 2.45) is 5.92 Å². The second kappa shape index (κ2) is 10.3. The van der Waals surface area contributed by atoms with Crippen LogP contribution in [0.1, 0.15) is 62.2 Å². The van der Waals surface area contributed by atoms with Crippen LogP contribution in [0.3, 0.4) is 0 Å². The van der Waals surface area contributed by atoms with E-state index in [4.69, 9.17) is 19.4 Å². The zero-order valence-electron chi connectivity index (χ0n) is 23.7. The lowest BCUT2D eigenvalue weighted by atomic mass is 9.96. The average molecular weight is 587 g/mol. The highest BCUT2D eigenvalue weighted by Gasteiger charge is 2.50. The number of aryl methyl sites for hydroxylation is 1.